The van der Waals surface area contributed by atoms with Crippen LogP contribution in [-0.2, 0) is 6.42 Å². The van der Waals surface area contributed by atoms with Crippen molar-refractivity contribution in [1.29, 1.82) is 0 Å². The van der Waals surface area contributed by atoms with Gasteiger partial charge in [0.15, 0.2) is 0 Å². The van der Waals surface area contributed by atoms with Crippen LogP contribution in [0.15, 0.2) is 32.7 Å². The monoisotopic (exact) mass is 404 g/mol. The van der Waals surface area contributed by atoms with E-state index in [2.05, 4.69) is 42.2 Å². The number of carboxylic acid groups (broad SMARTS) is 1. The predicted molar refractivity (Wildman–Crippen MR) is 83.1 cm³/mol. The molecule has 19 heavy (non-hydrogen) atoms. The molecule has 0 atom stereocenters. The third-order valence-electron chi connectivity index (χ3n) is 2.38. The van der Waals surface area contributed by atoms with Gasteiger partial charge in [-0.2, -0.15) is 0 Å². The number of halogens is 2. The van der Waals surface area contributed by atoms with Crippen LogP contribution < -0.4 is 5.32 Å². The Morgan fingerprint density at radius 1 is 1.42 bits per heavy atom. The smallest absolute Gasteiger partial charge is 0.339 e. The molecule has 0 aliphatic carbocycles. The molecule has 4 nitrogen and oxygen atoms in total. The molecule has 2 heterocycles. The molecule has 7 heteroatoms. The number of hydrogen-bond donors (Lipinski definition) is 2. The van der Waals surface area contributed by atoms with E-state index < -0.39 is 5.97 Å². The van der Waals surface area contributed by atoms with E-state index in [0.717, 1.165) is 10.2 Å². The van der Waals surface area contributed by atoms with Crippen molar-refractivity contribution in [1.82, 2.24) is 4.98 Å². The molecule has 0 aliphatic heterocycles. The van der Waals surface area contributed by atoms with E-state index in [9.17, 15) is 4.79 Å². The minimum absolute atomic E-state index is 0.168. The summed E-state index contributed by atoms with van der Waals surface area (Å²) in [6.07, 6.45) is 2.41. The van der Waals surface area contributed by atoms with E-state index in [1.807, 2.05) is 12.1 Å². The molecule has 2 aromatic rings. The van der Waals surface area contributed by atoms with Gasteiger partial charge in [0.05, 0.1) is 3.79 Å². The lowest BCUT2D eigenvalue weighted by atomic mass is 10.2. The van der Waals surface area contributed by atoms with E-state index in [4.69, 9.17) is 5.11 Å². The zero-order valence-corrected chi connectivity index (χ0v) is 13.7. The maximum absolute atomic E-state index is 11.1. The van der Waals surface area contributed by atoms with Crippen LogP contribution in [-0.4, -0.2) is 22.6 Å². The fourth-order valence-electron chi connectivity index (χ4n) is 1.53. The quantitative estimate of drug-likeness (QED) is 0.788. The van der Waals surface area contributed by atoms with Gasteiger partial charge in [-0.3, -0.25) is 0 Å². The number of carbonyl (C=O) groups is 1. The summed E-state index contributed by atoms with van der Waals surface area (Å²) in [6, 6.07) is 5.59. The first kappa shape index (κ1) is 14.5. The molecule has 0 saturated heterocycles. The second-order valence-corrected chi connectivity index (χ2v) is 7.20. The van der Waals surface area contributed by atoms with E-state index in [-0.39, 0.29) is 5.56 Å². The fourth-order valence-corrected chi connectivity index (χ4v) is 3.35. The van der Waals surface area contributed by atoms with Crippen LogP contribution in [0.25, 0.3) is 0 Å². The molecular weight excluding hydrogens is 396 g/mol. The van der Waals surface area contributed by atoms with Gasteiger partial charge < -0.3 is 10.4 Å². The number of aromatic nitrogens is 1. The number of hydrogen-bond acceptors (Lipinski definition) is 4. The van der Waals surface area contributed by atoms with Crippen LogP contribution in [0.4, 0.5) is 5.82 Å². The summed E-state index contributed by atoms with van der Waals surface area (Å²) < 4.78 is 1.74. The van der Waals surface area contributed by atoms with Gasteiger partial charge in [0.1, 0.15) is 11.4 Å². The summed E-state index contributed by atoms with van der Waals surface area (Å²) in [5.41, 5.74) is 0.168. The lowest BCUT2D eigenvalue weighted by Crippen LogP contribution is -2.10. The van der Waals surface area contributed by atoms with Gasteiger partial charge in [-0.15, -0.1) is 11.3 Å². The number of nitrogens with one attached hydrogen (secondary N) is 1. The van der Waals surface area contributed by atoms with Gasteiger partial charge in [-0.25, -0.2) is 9.78 Å². The number of anilines is 1. The Bertz CT molecular complexity index is 601. The van der Waals surface area contributed by atoms with Gasteiger partial charge in [0.25, 0.3) is 0 Å². The average molecular weight is 406 g/mol. The average Bonchev–Trinajstić information content (AvgIpc) is 2.77. The van der Waals surface area contributed by atoms with E-state index in [0.29, 0.717) is 16.8 Å². The van der Waals surface area contributed by atoms with Crippen LogP contribution in [0, 0.1) is 0 Å². The Morgan fingerprint density at radius 3 is 2.84 bits per heavy atom. The van der Waals surface area contributed by atoms with Gasteiger partial charge >= 0.3 is 5.97 Å². The number of aromatic carboxylic acids is 1. The molecule has 0 fully saturated rings. The molecule has 2 N–H and O–H groups in total. The second kappa shape index (κ2) is 6.49. The maximum atomic E-state index is 11.1. The number of nitrogens with zero attached hydrogens (tertiary/aromatic N) is 1. The minimum Gasteiger partial charge on any atom is -0.478 e. The molecule has 2 rings (SSSR count). The molecule has 0 amide bonds. The fraction of sp³-hybridized carbons (Fsp3) is 0.167. The van der Waals surface area contributed by atoms with Crippen LogP contribution in [0.5, 0.6) is 0 Å². The summed E-state index contributed by atoms with van der Waals surface area (Å²) in [6.45, 7) is 0.641. The molecule has 0 aliphatic rings. The van der Waals surface area contributed by atoms with Crippen molar-refractivity contribution in [3.63, 3.8) is 0 Å². The lowest BCUT2D eigenvalue weighted by Gasteiger charge is -2.08. The predicted octanol–water partition coefficient (Wildman–Crippen LogP) is 4.02. The van der Waals surface area contributed by atoms with Crippen molar-refractivity contribution in [2.75, 3.05) is 11.9 Å². The highest BCUT2D eigenvalue weighted by atomic mass is 79.9. The molecular formula is C12H10Br2N2O2S. The largest absolute Gasteiger partial charge is 0.478 e. The van der Waals surface area contributed by atoms with Gasteiger partial charge in [-0.05, 0) is 56.5 Å². The van der Waals surface area contributed by atoms with Crippen molar-refractivity contribution < 1.29 is 9.90 Å². The highest BCUT2D eigenvalue weighted by Gasteiger charge is 2.11. The van der Waals surface area contributed by atoms with Gasteiger partial charge in [-0.1, -0.05) is 0 Å². The third kappa shape index (κ3) is 4.02. The summed E-state index contributed by atoms with van der Waals surface area (Å²) in [7, 11) is 0. The molecule has 0 spiro atoms. The number of carboxylic acids is 1. The Kier molecular flexibility index (Phi) is 4.95. The molecule has 0 radical (unpaired) electrons. The highest BCUT2D eigenvalue weighted by molar-refractivity contribution is 9.11. The summed E-state index contributed by atoms with van der Waals surface area (Å²) in [4.78, 5) is 16.4. The van der Waals surface area contributed by atoms with Gasteiger partial charge in [0, 0.05) is 22.1 Å². The normalized spacial score (nSPS) is 10.4. The molecule has 2 aromatic heterocycles. The zero-order valence-electron chi connectivity index (χ0n) is 9.69. The van der Waals surface area contributed by atoms with Crippen molar-refractivity contribution in [2.24, 2.45) is 0 Å². The maximum Gasteiger partial charge on any atom is 0.339 e. The zero-order chi connectivity index (χ0) is 13.8. The first-order valence-electron chi connectivity index (χ1n) is 5.43. The topological polar surface area (TPSA) is 62.2 Å². The summed E-state index contributed by atoms with van der Waals surface area (Å²) in [5, 5.41) is 12.2. The van der Waals surface area contributed by atoms with Crippen molar-refractivity contribution in [3.8, 4) is 0 Å². The molecule has 0 saturated carbocycles. The van der Waals surface area contributed by atoms with E-state index >= 15 is 0 Å². The van der Waals surface area contributed by atoms with Crippen LogP contribution in [0.1, 0.15) is 15.2 Å². The minimum atomic E-state index is -0.991. The number of rotatable bonds is 5. The Labute approximate surface area is 131 Å². The first-order valence-corrected chi connectivity index (χ1v) is 7.83. The van der Waals surface area contributed by atoms with Crippen molar-refractivity contribution in [3.05, 3.63) is 43.1 Å². The van der Waals surface area contributed by atoms with E-state index in [1.54, 1.807) is 23.6 Å². The standard InChI is InChI=1S/C12H10Br2N2O2S/c13-7-5-9(12(17)18)11(16-6-7)15-4-3-8-1-2-10(14)19-8/h1-2,5-6H,3-4H2,(H,15,16)(H,17,18). The molecule has 100 valence electrons. The first-order chi connectivity index (χ1) is 9.06. The summed E-state index contributed by atoms with van der Waals surface area (Å²) >= 11 is 8.29. The van der Waals surface area contributed by atoms with Crippen molar-refractivity contribution in [2.45, 2.75) is 6.42 Å². The highest BCUT2D eigenvalue weighted by Crippen LogP contribution is 2.23. The van der Waals surface area contributed by atoms with Gasteiger partial charge in [0.2, 0.25) is 0 Å². The lowest BCUT2D eigenvalue weighted by molar-refractivity contribution is 0.0697. The summed E-state index contributed by atoms with van der Waals surface area (Å²) in [5.74, 6) is -0.596. The Balaban J connectivity index is 2.01. The van der Waals surface area contributed by atoms with Crippen molar-refractivity contribution >= 4 is 55.0 Å². The molecule has 0 unspecified atom stereocenters. The third-order valence-corrected chi connectivity index (χ3v) is 4.49. The van der Waals surface area contributed by atoms with E-state index in [1.165, 1.54) is 4.88 Å². The molecule has 0 aromatic carbocycles. The SMILES string of the molecule is O=C(O)c1cc(Br)cnc1NCCc1ccc(Br)s1. The number of thiophene rings is 1. The second-order valence-electron chi connectivity index (χ2n) is 3.74. The van der Waals surface area contributed by atoms with Crippen LogP contribution >= 0.6 is 43.2 Å². The number of pyridine rings is 1. The van der Waals surface area contributed by atoms with Crippen LogP contribution in [0.3, 0.4) is 0 Å². The Hall–Kier alpha value is -0.920. The van der Waals surface area contributed by atoms with Crippen LogP contribution in [0.2, 0.25) is 0 Å². The Morgan fingerprint density at radius 2 is 2.21 bits per heavy atom. The molecule has 0 bridgehead atoms.